The van der Waals surface area contributed by atoms with Gasteiger partial charge in [-0.1, -0.05) is 20.8 Å². The lowest BCUT2D eigenvalue weighted by molar-refractivity contribution is 0.173. The van der Waals surface area contributed by atoms with Gasteiger partial charge in [-0.15, -0.1) is 24.0 Å². The molecule has 0 amide bonds. The van der Waals surface area contributed by atoms with Crippen LogP contribution in [0.4, 0.5) is 0 Å². The van der Waals surface area contributed by atoms with E-state index in [1.807, 2.05) is 0 Å². The number of hydrogen-bond donors (Lipinski definition) is 2. The SMILES string of the molecule is CN=C(NCCCN(C(C)C)C(C)C)NCc1ncc(C(C)(C)C)o1.I. The van der Waals surface area contributed by atoms with E-state index in [1.165, 1.54) is 0 Å². The van der Waals surface area contributed by atoms with E-state index in [2.05, 4.69) is 74.0 Å². The quantitative estimate of drug-likeness (QED) is 0.257. The van der Waals surface area contributed by atoms with E-state index in [0.717, 1.165) is 31.2 Å². The molecule has 6 nitrogen and oxygen atoms in total. The molecule has 0 aliphatic carbocycles. The maximum absolute atomic E-state index is 5.79. The Balaban J connectivity index is 0.00000625. The maximum atomic E-state index is 5.79. The number of nitrogens with zero attached hydrogens (tertiary/aromatic N) is 3. The molecule has 0 bridgehead atoms. The number of oxazole rings is 1. The first kappa shape index (κ1) is 25.2. The van der Waals surface area contributed by atoms with Crippen molar-refractivity contribution in [3.8, 4) is 0 Å². The van der Waals surface area contributed by atoms with Gasteiger partial charge in [-0.25, -0.2) is 4.98 Å². The monoisotopic (exact) mass is 479 g/mol. The third kappa shape index (κ3) is 8.70. The van der Waals surface area contributed by atoms with Crippen molar-refractivity contribution in [1.82, 2.24) is 20.5 Å². The summed E-state index contributed by atoms with van der Waals surface area (Å²) >= 11 is 0. The summed E-state index contributed by atoms with van der Waals surface area (Å²) in [6, 6.07) is 1.14. The van der Waals surface area contributed by atoms with Crippen molar-refractivity contribution in [3.05, 3.63) is 17.8 Å². The summed E-state index contributed by atoms with van der Waals surface area (Å²) < 4.78 is 5.79. The Bertz CT molecular complexity index is 526. The zero-order valence-corrected chi connectivity index (χ0v) is 20.0. The lowest BCUT2D eigenvalue weighted by Gasteiger charge is -2.30. The average Bonchev–Trinajstić information content (AvgIpc) is 2.98. The minimum atomic E-state index is -0.0239. The highest BCUT2D eigenvalue weighted by atomic mass is 127. The normalized spacial score (nSPS) is 12.7. The molecule has 1 rings (SSSR count). The van der Waals surface area contributed by atoms with Crippen LogP contribution in [-0.4, -0.2) is 48.1 Å². The molecule has 2 N–H and O–H groups in total. The van der Waals surface area contributed by atoms with Crippen LogP contribution in [0.3, 0.4) is 0 Å². The second-order valence-electron chi connectivity index (χ2n) is 8.00. The minimum absolute atomic E-state index is 0. The van der Waals surface area contributed by atoms with Crippen LogP contribution in [-0.2, 0) is 12.0 Å². The van der Waals surface area contributed by atoms with Crippen molar-refractivity contribution in [3.63, 3.8) is 0 Å². The van der Waals surface area contributed by atoms with Gasteiger partial charge in [0.2, 0.25) is 5.89 Å². The van der Waals surface area contributed by atoms with Crippen LogP contribution in [0, 0.1) is 0 Å². The molecule has 26 heavy (non-hydrogen) atoms. The van der Waals surface area contributed by atoms with E-state index in [1.54, 1.807) is 13.2 Å². The average molecular weight is 479 g/mol. The Labute approximate surface area is 176 Å². The fraction of sp³-hybridized carbons (Fsp3) is 0.789. The zero-order chi connectivity index (χ0) is 19.0. The molecule has 7 heteroatoms. The maximum Gasteiger partial charge on any atom is 0.213 e. The predicted octanol–water partition coefficient (Wildman–Crippen LogP) is 3.76. The Morgan fingerprint density at radius 1 is 1.19 bits per heavy atom. The molecular weight excluding hydrogens is 441 g/mol. The van der Waals surface area contributed by atoms with Gasteiger partial charge in [-0.2, -0.15) is 0 Å². The van der Waals surface area contributed by atoms with Gasteiger partial charge in [0.05, 0.1) is 12.7 Å². The number of hydrogen-bond acceptors (Lipinski definition) is 4. The highest BCUT2D eigenvalue weighted by molar-refractivity contribution is 14.0. The molecule has 0 aliphatic rings. The smallest absolute Gasteiger partial charge is 0.213 e. The molecule has 1 aromatic rings. The van der Waals surface area contributed by atoms with Gasteiger partial charge in [0.25, 0.3) is 0 Å². The number of nitrogens with one attached hydrogen (secondary N) is 2. The van der Waals surface area contributed by atoms with E-state index in [0.29, 0.717) is 24.5 Å². The molecule has 0 spiro atoms. The van der Waals surface area contributed by atoms with E-state index in [4.69, 9.17) is 4.42 Å². The van der Waals surface area contributed by atoms with Crippen molar-refractivity contribution in [1.29, 1.82) is 0 Å². The van der Waals surface area contributed by atoms with E-state index < -0.39 is 0 Å². The highest BCUT2D eigenvalue weighted by Gasteiger charge is 2.19. The van der Waals surface area contributed by atoms with Gasteiger partial charge < -0.3 is 15.1 Å². The summed E-state index contributed by atoms with van der Waals surface area (Å²) in [4.78, 5) is 11.1. The van der Waals surface area contributed by atoms with Crippen LogP contribution in [0.15, 0.2) is 15.6 Å². The number of aliphatic imine (C=N–C) groups is 1. The van der Waals surface area contributed by atoms with Crippen LogP contribution >= 0.6 is 24.0 Å². The van der Waals surface area contributed by atoms with Crippen molar-refractivity contribution in [2.24, 2.45) is 4.99 Å². The first-order chi connectivity index (χ1) is 11.6. The Morgan fingerprint density at radius 2 is 1.81 bits per heavy atom. The summed E-state index contributed by atoms with van der Waals surface area (Å²) in [5.41, 5.74) is -0.0239. The van der Waals surface area contributed by atoms with E-state index >= 15 is 0 Å². The van der Waals surface area contributed by atoms with Gasteiger partial charge >= 0.3 is 0 Å². The Morgan fingerprint density at radius 3 is 2.27 bits per heavy atom. The third-order valence-corrected chi connectivity index (χ3v) is 4.14. The molecule has 152 valence electrons. The minimum Gasteiger partial charge on any atom is -0.443 e. The summed E-state index contributed by atoms with van der Waals surface area (Å²) in [7, 11) is 1.78. The van der Waals surface area contributed by atoms with Gasteiger partial charge in [-0.3, -0.25) is 9.89 Å². The van der Waals surface area contributed by atoms with Crippen LogP contribution in [0.2, 0.25) is 0 Å². The Kier molecular flexibility index (Phi) is 11.4. The molecular formula is C19H38IN5O. The summed E-state index contributed by atoms with van der Waals surface area (Å²) in [5, 5.41) is 6.61. The lowest BCUT2D eigenvalue weighted by atomic mass is 9.94. The predicted molar refractivity (Wildman–Crippen MR) is 120 cm³/mol. The number of aromatic nitrogens is 1. The molecule has 0 aliphatic heterocycles. The molecule has 0 fully saturated rings. The van der Waals surface area contributed by atoms with Gasteiger partial charge in [0.1, 0.15) is 5.76 Å². The molecule has 0 atom stereocenters. The Hall–Kier alpha value is -0.830. The summed E-state index contributed by atoms with van der Waals surface area (Å²) in [6.45, 7) is 17.8. The fourth-order valence-electron chi connectivity index (χ4n) is 2.70. The molecule has 0 unspecified atom stereocenters. The van der Waals surface area contributed by atoms with Crippen molar-refractivity contribution < 1.29 is 4.42 Å². The van der Waals surface area contributed by atoms with Crippen molar-refractivity contribution in [2.45, 2.75) is 78.9 Å². The van der Waals surface area contributed by atoms with Gasteiger partial charge in [0, 0.05) is 37.6 Å². The largest absolute Gasteiger partial charge is 0.443 e. The number of halogens is 1. The van der Waals surface area contributed by atoms with Crippen LogP contribution in [0.25, 0.3) is 0 Å². The lowest BCUT2D eigenvalue weighted by Crippen LogP contribution is -2.41. The first-order valence-electron chi connectivity index (χ1n) is 9.30. The van der Waals surface area contributed by atoms with Crippen LogP contribution in [0.1, 0.15) is 66.5 Å². The third-order valence-electron chi connectivity index (χ3n) is 4.14. The zero-order valence-electron chi connectivity index (χ0n) is 17.7. The fourth-order valence-corrected chi connectivity index (χ4v) is 2.70. The summed E-state index contributed by atoms with van der Waals surface area (Å²) in [5.74, 6) is 2.35. The number of guanidine groups is 1. The number of rotatable bonds is 8. The molecule has 0 saturated carbocycles. The van der Waals surface area contributed by atoms with Crippen LogP contribution < -0.4 is 10.6 Å². The van der Waals surface area contributed by atoms with Gasteiger partial charge in [-0.05, 0) is 34.1 Å². The second kappa shape index (κ2) is 11.8. The van der Waals surface area contributed by atoms with E-state index in [-0.39, 0.29) is 29.4 Å². The standard InChI is InChI=1S/C19H37N5O.HI/c1-14(2)24(15(3)4)11-9-10-21-18(20-8)23-13-17-22-12-16(25-17)19(5,6)7;/h12,14-15H,9-11,13H2,1-8H3,(H2,20,21,23);1H. The van der Waals surface area contributed by atoms with Crippen molar-refractivity contribution >= 4 is 29.9 Å². The second-order valence-corrected chi connectivity index (χ2v) is 8.00. The summed E-state index contributed by atoms with van der Waals surface area (Å²) in [6.07, 6.45) is 2.88. The topological polar surface area (TPSA) is 65.7 Å². The van der Waals surface area contributed by atoms with Crippen LogP contribution in [0.5, 0.6) is 0 Å². The molecule has 1 heterocycles. The first-order valence-corrected chi connectivity index (χ1v) is 9.30. The highest BCUT2D eigenvalue weighted by Crippen LogP contribution is 2.22. The molecule has 0 radical (unpaired) electrons. The molecule has 1 aromatic heterocycles. The molecule has 0 saturated heterocycles. The van der Waals surface area contributed by atoms with Crippen molar-refractivity contribution in [2.75, 3.05) is 20.1 Å². The molecule has 0 aromatic carbocycles. The van der Waals surface area contributed by atoms with Gasteiger partial charge in [0.15, 0.2) is 5.96 Å². The van der Waals surface area contributed by atoms with E-state index in [9.17, 15) is 0 Å².